The van der Waals surface area contributed by atoms with Crippen LogP contribution in [0.3, 0.4) is 0 Å². The number of hydrogen-bond donors (Lipinski definition) is 0. The van der Waals surface area contributed by atoms with E-state index in [1.165, 1.54) is 12.1 Å². The smallest absolute Gasteiger partial charge is 0.341 e. The topological polar surface area (TPSA) is 26.3 Å². The Morgan fingerprint density at radius 2 is 2.21 bits per heavy atom. The molecule has 0 heterocycles. The molecule has 0 aliphatic heterocycles. The van der Waals surface area contributed by atoms with E-state index in [0.29, 0.717) is 4.47 Å². The fraction of sp³-hybridized carbons (Fsp3) is 0.300. The first-order valence-corrected chi connectivity index (χ1v) is 4.98. The van der Waals surface area contributed by atoms with E-state index in [2.05, 4.69) is 15.9 Å². The van der Waals surface area contributed by atoms with Gasteiger partial charge in [0.2, 0.25) is 0 Å². The Bertz CT molecular complexity index is 363. The van der Waals surface area contributed by atoms with Gasteiger partial charge in [-0.1, -0.05) is 15.9 Å². The molecule has 0 saturated carbocycles. The monoisotopic (exact) mass is 260 g/mol. The largest absolute Gasteiger partial charge is 0.462 e. The van der Waals surface area contributed by atoms with Crippen molar-refractivity contribution < 1.29 is 13.9 Å². The predicted octanol–water partition coefficient (Wildman–Crippen LogP) is 3.07. The number of halogens is 2. The molecule has 0 saturated heterocycles. The van der Waals surface area contributed by atoms with E-state index in [1.54, 1.807) is 13.8 Å². The number of aryl methyl sites for hydroxylation is 1. The highest BCUT2D eigenvalue weighted by atomic mass is 79.9. The summed E-state index contributed by atoms with van der Waals surface area (Å²) in [4.78, 5) is 11.2. The van der Waals surface area contributed by atoms with Crippen LogP contribution in [0.4, 0.5) is 4.39 Å². The Hall–Kier alpha value is -0.900. The molecule has 14 heavy (non-hydrogen) atoms. The fourth-order valence-electron chi connectivity index (χ4n) is 1.01. The molecule has 0 atom stereocenters. The Kier molecular flexibility index (Phi) is 3.63. The molecule has 76 valence electrons. The molecule has 0 aromatic heterocycles. The van der Waals surface area contributed by atoms with E-state index in [-0.39, 0.29) is 12.2 Å². The van der Waals surface area contributed by atoms with Crippen molar-refractivity contribution in [1.29, 1.82) is 0 Å². The van der Waals surface area contributed by atoms with Crippen LogP contribution < -0.4 is 0 Å². The Labute approximate surface area is 90.2 Å². The van der Waals surface area contributed by atoms with E-state index in [0.717, 1.165) is 5.56 Å². The van der Waals surface area contributed by atoms with E-state index in [4.69, 9.17) is 4.74 Å². The summed E-state index contributed by atoms with van der Waals surface area (Å²) in [6, 6.07) is 2.74. The first-order valence-electron chi connectivity index (χ1n) is 4.19. The zero-order valence-electron chi connectivity index (χ0n) is 7.93. The van der Waals surface area contributed by atoms with E-state index in [9.17, 15) is 9.18 Å². The van der Waals surface area contributed by atoms with Gasteiger partial charge in [-0.25, -0.2) is 9.18 Å². The standard InChI is InChI=1S/C10H10BrFO2/c1-3-14-10(13)7-5-8(11)6(2)4-9(7)12/h4-5H,3H2,1-2H3. The maximum Gasteiger partial charge on any atom is 0.341 e. The minimum absolute atomic E-state index is 0.0377. The molecule has 0 unspecified atom stereocenters. The van der Waals surface area contributed by atoms with Crippen LogP contribution in [0.1, 0.15) is 22.8 Å². The lowest BCUT2D eigenvalue weighted by molar-refractivity contribution is 0.0521. The summed E-state index contributed by atoms with van der Waals surface area (Å²) in [7, 11) is 0. The van der Waals surface area contributed by atoms with Crippen LogP contribution in [0.2, 0.25) is 0 Å². The van der Waals surface area contributed by atoms with Crippen molar-refractivity contribution in [3.8, 4) is 0 Å². The zero-order valence-corrected chi connectivity index (χ0v) is 9.52. The summed E-state index contributed by atoms with van der Waals surface area (Å²) in [6.07, 6.45) is 0. The lowest BCUT2D eigenvalue weighted by atomic mass is 10.1. The molecule has 0 aliphatic rings. The maximum atomic E-state index is 13.3. The third kappa shape index (κ3) is 2.32. The molecule has 4 heteroatoms. The Morgan fingerprint density at radius 3 is 2.79 bits per heavy atom. The van der Waals surface area contributed by atoms with E-state index in [1.807, 2.05) is 0 Å². The van der Waals surface area contributed by atoms with Gasteiger partial charge >= 0.3 is 5.97 Å². The molecule has 0 N–H and O–H groups in total. The second-order valence-corrected chi connectivity index (χ2v) is 3.66. The first kappa shape index (κ1) is 11.2. The van der Waals surface area contributed by atoms with Gasteiger partial charge < -0.3 is 4.74 Å². The molecule has 0 aliphatic carbocycles. The van der Waals surface area contributed by atoms with E-state index >= 15 is 0 Å². The summed E-state index contributed by atoms with van der Waals surface area (Å²) >= 11 is 3.23. The summed E-state index contributed by atoms with van der Waals surface area (Å²) in [5.41, 5.74) is 0.708. The third-order valence-electron chi connectivity index (χ3n) is 1.74. The number of rotatable bonds is 2. The number of ether oxygens (including phenoxy) is 1. The minimum Gasteiger partial charge on any atom is -0.462 e. The van der Waals surface area contributed by atoms with E-state index < -0.39 is 11.8 Å². The van der Waals surface area contributed by atoms with Crippen LogP contribution in [-0.2, 0) is 4.74 Å². The van der Waals surface area contributed by atoms with Crippen LogP contribution in [0.15, 0.2) is 16.6 Å². The second-order valence-electron chi connectivity index (χ2n) is 2.80. The lowest BCUT2D eigenvalue weighted by Crippen LogP contribution is -2.07. The SMILES string of the molecule is CCOC(=O)c1cc(Br)c(C)cc1F. The number of carbonyl (C=O) groups excluding carboxylic acids is 1. The zero-order chi connectivity index (χ0) is 10.7. The quantitative estimate of drug-likeness (QED) is 0.765. The minimum atomic E-state index is -0.634. The number of carbonyl (C=O) groups is 1. The summed E-state index contributed by atoms with van der Waals surface area (Å²) < 4.78 is 18.7. The highest BCUT2D eigenvalue weighted by molar-refractivity contribution is 9.10. The fourth-order valence-corrected chi connectivity index (χ4v) is 1.35. The summed E-state index contributed by atoms with van der Waals surface area (Å²) in [5.74, 6) is -1.19. The van der Waals surface area contributed by atoms with Crippen molar-refractivity contribution in [2.45, 2.75) is 13.8 Å². The van der Waals surface area contributed by atoms with Crippen molar-refractivity contribution in [1.82, 2.24) is 0 Å². The molecule has 2 nitrogen and oxygen atoms in total. The van der Waals surface area contributed by atoms with Gasteiger partial charge in [0.25, 0.3) is 0 Å². The van der Waals surface area contributed by atoms with Gasteiger partial charge in [-0.05, 0) is 31.5 Å². The Balaban J connectivity index is 3.09. The van der Waals surface area contributed by atoms with Gasteiger partial charge in [0, 0.05) is 4.47 Å². The molecule has 0 radical (unpaired) electrons. The van der Waals surface area contributed by atoms with Crippen molar-refractivity contribution in [3.05, 3.63) is 33.5 Å². The van der Waals surface area contributed by atoms with Gasteiger partial charge in [-0.2, -0.15) is 0 Å². The molecule has 0 spiro atoms. The molecule has 0 bridgehead atoms. The van der Waals surface area contributed by atoms with Crippen LogP contribution in [0.5, 0.6) is 0 Å². The highest BCUT2D eigenvalue weighted by Crippen LogP contribution is 2.21. The number of hydrogen-bond acceptors (Lipinski definition) is 2. The van der Waals surface area contributed by atoms with Gasteiger partial charge in [-0.15, -0.1) is 0 Å². The van der Waals surface area contributed by atoms with Gasteiger partial charge in [0.1, 0.15) is 5.82 Å². The van der Waals surface area contributed by atoms with Crippen molar-refractivity contribution in [2.24, 2.45) is 0 Å². The first-order chi connectivity index (χ1) is 6.56. The average Bonchev–Trinajstić information content (AvgIpc) is 2.11. The predicted molar refractivity (Wildman–Crippen MR) is 54.8 cm³/mol. The molecule has 1 aromatic rings. The molecule has 0 fully saturated rings. The molecular weight excluding hydrogens is 251 g/mol. The molecule has 1 aromatic carbocycles. The lowest BCUT2D eigenvalue weighted by Gasteiger charge is -2.05. The average molecular weight is 261 g/mol. The summed E-state index contributed by atoms with van der Waals surface area (Å²) in [5, 5.41) is 0. The van der Waals surface area contributed by atoms with Crippen LogP contribution in [-0.4, -0.2) is 12.6 Å². The van der Waals surface area contributed by atoms with Gasteiger partial charge in [0.15, 0.2) is 0 Å². The number of benzene rings is 1. The normalized spacial score (nSPS) is 10.0. The maximum absolute atomic E-state index is 13.3. The Morgan fingerprint density at radius 1 is 1.57 bits per heavy atom. The summed E-state index contributed by atoms with van der Waals surface area (Å²) in [6.45, 7) is 3.67. The van der Waals surface area contributed by atoms with Crippen molar-refractivity contribution in [2.75, 3.05) is 6.61 Å². The van der Waals surface area contributed by atoms with Gasteiger partial charge in [-0.3, -0.25) is 0 Å². The van der Waals surface area contributed by atoms with Crippen molar-refractivity contribution >= 4 is 21.9 Å². The van der Waals surface area contributed by atoms with Crippen LogP contribution >= 0.6 is 15.9 Å². The van der Waals surface area contributed by atoms with Gasteiger partial charge in [0.05, 0.1) is 12.2 Å². The molecular formula is C10H10BrFO2. The van der Waals surface area contributed by atoms with Crippen LogP contribution in [0.25, 0.3) is 0 Å². The third-order valence-corrected chi connectivity index (χ3v) is 2.60. The molecule has 1 rings (SSSR count). The van der Waals surface area contributed by atoms with Crippen molar-refractivity contribution in [3.63, 3.8) is 0 Å². The van der Waals surface area contributed by atoms with Crippen LogP contribution in [0, 0.1) is 12.7 Å². The number of esters is 1. The molecule has 0 amide bonds. The second kappa shape index (κ2) is 4.55. The highest BCUT2D eigenvalue weighted by Gasteiger charge is 2.14.